The van der Waals surface area contributed by atoms with Gasteiger partial charge in [-0.15, -0.1) is 5.10 Å². The molecule has 1 aromatic heterocycles. The predicted octanol–water partition coefficient (Wildman–Crippen LogP) is 1.07. The van der Waals surface area contributed by atoms with Gasteiger partial charge in [0, 0.05) is 19.0 Å². The quantitative estimate of drug-likeness (QED) is 0.757. The lowest BCUT2D eigenvalue weighted by Crippen LogP contribution is -2.24. The monoisotopic (exact) mass is 271 g/mol. The minimum Gasteiger partial charge on any atom is -0.345 e. The summed E-state index contributed by atoms with van der Waals surface area (Å²) < 4.78 is 0. The van der Waals surface area contributed by atoms with Crippen LogP contribution >= 0.6 is 0 Å². The molecule has 2 aromatic rings. The molecule has 6 heteroatoms. The van der Waals surface area contributed by atoms with Gasteiger partial charge in [0.05, 0.1) is 0 Å². The van der Waals surface area contributed by atoms with E-state index in [0.29, 0.717) is 19.0 Å². The highest BCUT2D eigenvalue weighted by atomic mass is 16.2. The standard InChI is InChI=1S/C14H17N5O/c15-7-9-1-3-10(4-2-9)8-16-14(20)13-17-12(18-19-13)11-5-6-11/h1-4,11H,5-8,15H2,(H,16,20)(H,17,18,19). The number of hydrogen-bond donors (Lipinski definition) is 3. The number of carbonyl (C=O) groups excluding carboxylic acids is 1. The maximum Gasteiger partial charge on any atom is 0.291 e. The largest absolute Gasteiger partial charge is 0.345 e. The molecular formula is C14H17N5O. The zero-order valence-electron chi connectivity index (χ0n) is 11.1. The number of hydrogen-bond acceptors (Lipinski definition) is 4. The van der Waals surface area contributed by atoms with Gasteiger partial charge in [0.25, 0.3) is 5.91 Å². The van der Waals surface area contributed by atoms with Gasteiger partial charge in [-0.1, -0.05) is 24.3 Å². The number of aromatic amines is 1. The van der Waals surface area contributed by atoms with E-state index in [0.717, 1.165) is 29.8 Å². The van der Waals surface area contributed by atoms with Crippen LogP contribution in [0.5, 0.6) is 0 Å². The molecule has 20 heavy (non-hydrogen) atoms. The molecule has 1 aromatic carbocycles. The first kappa shape index (κ1) is 12.8. The lowest BCUT2D eigenvalue weighted by Gasteiger charge is -2.04. The van der Waals surface area contributed by atoms with E-state index in [1.54, 1.807) is 0 Å². The lowest BCUT2D eigenvalue weighted by atomic mass is 10.1. The summed E-state index contributed by atoms with van der Waals surface area (Å²) in [6.07, 6.45) is 2.26. The van der Waals surface area contributed by atoms with E-state index in [1.807, 2.05) is 24.3 Å². The fourth-order valence-electron chi connectivity index (χ4n) is 1.97. The van der Waals surface area contributed by atoms with Crippen LogP contribution in [0.25, 0.3) is 0 Å². The van der Waals surface area contributed by atoms with Crippen molar-refractivity contribution in [1.29, 1.82) is 0 Å². The van der Waals surface area contributed by atoms with Crippen LogP contribution in [0.1, 0.15) is 46.3 Å². The topological polar surface area (TPSA) is 96.7 Å². The Morgan fingerprint density at radius 2 is 2.00 bits per heavy atom. The van der Waals surface area contributed by atoms with E-state index in [9.17, 15) is 4.79 Å². The maximum absolute atomic E-state index is 11.9. The number of aromatic nitrogens is 3. The van der Waals surface area contributed by atoms with Crippen molar-refractivity contribution >= 4 is 5.91 Å². The van der Waals surface area contributed by atoms with Crippen molar-refractivity contribution in [1.82, 2.24) is 20.5 Å². The van der Waals surface area contributed by atoms with Crippen LogP contribution < -0.4 is 11.1 Å². The smallest absolute Gasteiger partial charge is 0.291 e. The molecule has 1 saturated carbocycles. The molecule has 1 amide bonds. The van der Waals surface area contributed by atoms with Crippen LogP contribution in [0, 0.1) is 0 Å². The van der Waals surface area contributed by atoms with Gasteiger partial charge in [0.2, 0.25) is 5.82 Å². The molecule has 1 aliphatic carbocycles. The molecule has 4 N–H and O–H groups in total. The molecule has 0 aliphatic heterocycles. The van der Waals surface area contributed by atoms with Crippen LogP contribution in [0.15, 0.2) is 24.3 Å². The molecule has 0 spiro atoms. The SMILES string of the molecule is NCc1ccc(CNC(=O)c2n[nH]c(C3CC3)n2)cc1. The Morgan fingerprint density at radius 3 is 2.65 bits per heavy atom. The van der Waals surface area contributed by atoms with Gasteiger partial charge >= 0.3 is 0 Å². The van der Waals surface area contributed by atoms with Gasteiger partial charge < -0.3 is 11.1 Å². The van der Waals surface area contributed by atoms with E-state index in [1.165, 1.54) is 0 Å². The number of H-pyrrole nitrogens is 1. The van der Waals surface area contributed by atoms with Crippen molar-refractivity contribution in [3.05, 3.63) is 47.0 Å². The molecule has 0 radical (unpaired) electrons. The number of amides is 1. The second kappa shape index (κ2) is 5.42. The molecule has 0 bridgehead atoms. The normalized spacial score (nSPS) is 14.2. The Hall–Kier alpha value is -2.21. The Bertz CT molecular complexity index is 600. The molecular weight excluding hydrogens is 254 g/mol. The first-order valence-electron chi connectivity index (χ1n) is 6.74. The van der Waals surface area contributed by atoms with Crippen LogP contribution in [-0.2, 0) is 13.1 Å². The molecule has 3 rings (SSSR count). The summed E-state index contributed by atoms with van der Waals surface area (Å²) in [4.78, 5) is 16.1. The minimum absolute atomic E-state index is 0.213. The fraction of sp³-hybridized carbons (Fsp3) is 0.357. The van der Waals surface area contributed by atoms with Gasteiger partial charge in [0.15, 0.2) is 0 Å². The molecule has 0 atom stereocenters. The van der Waals surface area contributed by atoms with Crippen molar-refractivity contribution in [2.75, 3.05) is 0 Å². The number of carbonyl (C=O) groups is 1. The number of benzene rings is 1. The van der Waals surface area contributed by atoms with Crippen LogP contribution in [0.3, 0.4) is 0 Å². The Morgan fingerprint density at radius 1 is 1.30 bits per heavy atom. The third-order valence-corrected chi connectivity index (χ3v) is 3.38. The van der Waals surface area contributed by atoms with E-state index in [-0.39, 0.29) is 11.7 Å². The predicted molar refractivity (Wildman–Crippen MR) is 73.9 cm³/mol. The number of rotatable bonds is 5. The summed E-state index contributed by atoms with van der Waals surface area (Å²) in [6.45, 7) is 0.977. The van der Waals surface area contributed by atoms with E-state index in [2.05, 4.69) is 20.5 Å². The molecule has 1 fully saturated rings. The zero-order chi connectivity index (χ0) is 13.9. The van der Waals surface area contributed by atoms with Crippen molar-refractivity contribution in [3.8, 4) is 0 Å². The Balaban J connectivity index is 1.57. The second-order valence-corrected chi connectivity index (χ2v) is 5.02. The van der Waals surface area contributed by atoms with Gasteiger partial charge in [-0.25, -0.2) is 4.98 Å². The summed E-state index contributed by atoms with van der Waals surface area (Å²) in [5.41, 5.74) is 7.63. The van der Waals surface area contributed by atoms with Crippen LogP contribution in [0.4, 0.5) is 0 Å². The third kappa shape index (κ3) is 2.85. The second-order valence-electron chi connectivity index (χ2n) is 5.02. The molecule has 0 saturated heterocycles. The van der Waals surface area contributed by atoms with Gasteiger partial charge in [-0.05, 0) is 24.0 Å². The third-order valence-electron chi connectivity index (χ3n) is 3.38. The van der Waals surface area contributed by atoms with Gasteiger partial charge in [0.1, 0.15) is 5.82 Å². The van der Waals surface area contributed by atoms with Crippen LogP contribution in [0.2, 0.25) is 0 Å². The summed E-state index contributed by atoms with van der Waals surface area (Å²) in [6, 6.07) is 7.82. The van der Waals surface area contributed by atoms with Gasteiger partial charge in [-0.2, -0.15) is 0 Å². The minimum atomic E-state index is -0.254. The van der Waals surface area contributed by atoms with Crippen LogP contribution in [-0.4, -0.2) is 21.1 Å². The van der Waals surface area contributed by atoms with E-state index < -0.39 is 0 Å². The number of nitrogens with two attached hydrogens (primary N) is 1. The molecule has 0 unspecified atom stereocenters. The average molecular weight is 271 g/mol. The molecule has 1 aliphatic rings. The molecule has 1 heterocycles. The zero-order valence-corrected chi connectivity index (χ0v) is 11.1. The number of nitrogens with zero attached hydrogens (tertiary/aromatic N) is 2. The summed E-state index contributed by atoms with van der Waals surface area (Å²) in [5.74, 6) is 1.25. The summed E-state index contributed by atoms with van der Waals surface area (Å²) >= 11 is 0. The highest BCUT2D eigenvalue weighted by Gasteiger charge is 2.28. The number of nitrogens with one attached hydrogen (secondary N) is 2. The van der Waals surface area contributed by atoms with E-state index >= 15 is 0 Å². The van der Waals surface area contributed by atoms with Gasteiger partial charge in [-0.3, -0.25) is 9.89 Å². The Labute approximate surface area is 116 Å². The Kier molecular flexibility index (Phi) is 3.47. The lowest BCUT2D eigenvalue weighted by molar-refractivity contribution is 0.0941. The molecule has 6 nitrogen and oxygen atoms in total. The maximum atomic E-state index is 11.9. The van der Waals surface area contributed by atoms with Crippen molar-refractivity contribution in [3.63, 3.8) is 0 Å². The summed E-state index contributed by atoms with van der Waals surface area (Å²) in [5, 5.41) is 9.59. The first-order chi connectivity index (χ1) is 9.76. The van der Waals surface area contributed by atoms with Crippen molar-refractivity contribution in [2.45, 2.75) is 31.8 Å². The highest BCUT2D eigenvalue weighted by Crippen LogP contribution is 2.37. The van der Waals surface area contributed by atoms with Crippen molar-refractivity contribution < 1.29 is 4.79 Å². The molecule has 104 valence electrons. The highest BCUT2D eigenvalue weighted by molar-refractivity contribution is 5.90. The average Bonchev–Trinajstić information content (AvgIpc) is 3.22. The fourth-order valence-corrected chi connectivity index (χ4v) is 1.97. The first-order valence-corrected chi connectivity index (χ1v) is 6.74. The van der Waals surface area contributed by atoms with E-state index in [4.69, 9.17) is 5.73 Å². The van der Waals surface area contributed by atoms with Crippen molar-refractivity contribution in [2.24, 2.45) is 5.73 Å². The summed E-state index contributed by atoms with van der Waals surface area (Å²) in [7, 11) is 0.